The van der Waals surface area contributed by atoms with Crippen molar-refractivity contribution in [3.8, 4) is 0 Å². The Balaban J connectivity index is 2.27. The minimum Gasteiger partial charge on any atom is -0.316 e. The van der Waals surface area contributed by atoms with E-state index in [4.69, 9.17) is 11.6 Å². The van der Waals surface area contributed by atoms with E-state index in [-0.39, 0.29) is 11.2 Å². The fourth-order valence-electron chi connectivity index (χ4n) is 1.99. The van der Waals surface area contributed by atoms with Crippen LogP contribution in [0.25, 0.3) is 0 Å². The van der Waals surface area contributed by atoms with Crippen molar-refractivity contribution < 1.29 is 4.79 Å². The summed E-state index contributed by atoms with van der Waals surface area (Å²) in [4.78, 5) is 12.2. The summed E-state index contributed by atoms with van der Waals surface area (Å²) in [5.74, 6) is 0.190. The van der Waals surface area contributed by atoms with Crippen LogP contribution in [0.1, 0.15) is 23.7 Å². The summed E-state index contributed by atoms with van der Waals surface area (Å²) in [5, 5.41) is 3.85. The van der Waals surface area contributed by atoms with Crippen LogP contribution in [0.3, 0.4) is 0 Å². The van der Waals surface area contributed by atoms with Gasteiger partial charge in [0.15, 0.2) is 5.78 Å². The van der Waals surface area contributed by atoms with E-state index in [0.29, 0.717) is 10.6 Å². The molecule has 0 bridgehead atoms. The molecule has 1 N–H and O–H groups in total. The van der Waals surface area contributed by atoms with Crippen molar-refractivity contribution in [3.05, 3.63) is 34.9 Å². The molecular formula is C12H14ClNO. The normalized spacial score (nSPS) is 25.5. The minimum absolute atomic E-state index is 0.190. The molecule has 0 radical (unpaired) electrons. The molecule has 0 aromatic heterocycles. The third kappa shape index (κ3) is 2.06. The van der Waals surface area contributed by atoms with Gasteiger partial charge in [0.2, 0.25) is 0 Å². The Labute approximate surface area is 94.6 Å². The maximum Gasteiger partial charge on any atom is 0.170 e. The van der Waals surface area contributed by atoms with Crippen LogP contribution in [0.4, 0.5) is 0 Å². The van der Waals surface area contributed by atoms with Gasteiger partial charge in [-0.25, -0.2) is 0 Å². The smallest absolute Gasteiger partial charge is 0.170 e. The second kappa shape index (κ2) is 3.95. The summed E-state index contributed by atoms with van der Waals surface area (Å²) < 4.78 is 0. The molecule has 1 atom stereocenters. The summed E-state index contributed by atoms with van der Waals surface area (Å²) in [5.41, 5.74) is 0.457. The molecule has 0 aliphatic carbocycles. The molecule has 2 rings (SSSR count). The zero-order valence-corrected chi connectivity index (χ0v) is 9.47. The van der Waals surface area contributed by atoms with Gasteiger partial charge in [0, 0.05) is 22.5 Å². The Bertz CT molecular complexity index is 383. The number of carbonyl (C=O) groups excluding carboxylic acids is 1. The van der Waals surface area contributed by atoms with E-state index < -0.39 is 0 Å². The molecule has 0 amide bonds. The highest BCUT2D eigenvalue weighted by Crippen LogP contribution is 2.29. The number of halogens is 1. The monoisotopic (exact) mass is 223 g/mol. The van der Waals surface area contributed by atoms with Crippen LogP contribution in [0, 0.1) is 5.41 Å². The maximum absolute atomic E-state index is 12.2. The van der Waals surface area contributed by atoms with Crippen molar-refractivity contribution in [3.63, 3.8) is 0 Å². The van der Waals surface area contributed by atoms with E-state index in [0.717, 1.165) is 19.5 Å². The van der Waals surface area contributed by atoms with E-state index >= 15 is 0 Å². The van der Waals surface area contributed by atoms with Crippen molar-refractivity contribution in [1.82, 2.24) is 5.32 Å². The molecular weight excluding hydrogens is 210 g/mol. The second-order valence-corrected chi connectivity index (χ2v) is 4.76. The van der Waals surface area contributed by atoms with Crippen LogP contribution < -0.4 is 5.32 Å². The molecule has 1 saturated heterocycles. The number of hydrogen-bond donors (Lipinski definition) is 1. The lowest BCUT2D eigenvalue weighted by atomic mass is 9.81. The number of benzene rings is 1. The molecule has 1 unspecified atom stereocenters. The maximum atomic E-state index is 12.2. The van der Waals surface area contributed by atoms with E-state index in [2.05, 4.69) is 5.32 Å². The average molecular weight is 224 g/mol. The third-order valence-corrected chi connectivity index (χ3v) is 3.24. The summed E-state index contributed by atoms with van der Waals surface area (Å²) in [6.07, 6.45) is 0.901. The van der Waals surface area contributed by atoms with Crippen molar-refractivity contribution in [2.45, 2.75) is 13.3 Å². The Morgan fingerprint density at radius 2 is 2.33 bits per heavy atom. The third-order valence-electron chi connectivity index (χ3n) is 3.00. The lowest BCUT2D eigenvalue weighted by Crippen LogP contribution is -2.30. The largest absolute Gasteiger partial charge is 0.316 e. The molecule has 80 valence electrons. The predicted octanol–water partition coefficient (Wildman–Crippen LogP) is 2.52. The van der Waals surface area contributed by atoms with Gasteiger partial charge in [-0.1, -0.05) is 30.7 Å². The van der Waals surface area contributed by atoms with Crippen molar-refractivity contribution in [1.29, 1.82) is 0 Å². The van der Waals surface area contributed by atoms with Gasteiger partial charge in [-0.05, 0) is 25.1 Å². The van der Waals surface area contributed by atoms with Crippen molar-refractivity contribution in [2.75, 3.05) is 13.1 Å². The topological polar surface area (TPSA) is 29.1 Å². The number of hydrogen-bond acceptors (Lipinski definition) is 2. The quantitative estimate of drug-likeness (QED) is 0.781. The van der Waals surface area contributed by atoms with Gasteiger partial charge in [0.05, 0.1) is 0 Å². The summed E-state index contributed by atoms with van der Waals surface area (Å²) in [7, 11) is 0. The highest BCUT2D eigenvalue weighted by Gasteiger charge is 2.36. The number of nitrogens with one attached hydrogen (secondary N) is 1. The zero-order chi connectivity index (χ0) is 10.9. The fraction of sp³-hybridized carbons (Fsp3) is 0.417. The number of Topliss-reactive ketones (excluding diaryl/α,β-unsaturated/α-hetero) is 1. The first-order valence-electron chi connectivity index (χ1n) is 5.13. The summed E-state index contributed by atoms with van der Waals surface area (Å²) in [6, 6.07) is 7.18. The van der Waals surface area contributed by atoms with Crippen molar-refractivity contribution >= 4 is 17.4 Å². The standard InChI is InChI=1S/C12H14ClNO/c1-12(5-6-14-8-12)11(15)9-3-2-4-10(13)7-9/h2-4,7,14H,5-6,8H2,1H3. The molecule has 2 nitrogen and oxygen atoms in total. The lowest BCUT2D eigenvalue weighted by molar-refractivity contribution is 0.0839. The Morgan fingerprint density at radius 3 is 2.93 bits per heavy atom. The lowest BCUT2D eigenvalue weighted by Gasteiger charge is -2.20. The number of rotatable bonds is 2. The first-order valence-corrected chi connectivity index (χ1v) is 5.51. The van der Waals surface area contributed by atoms with Crippen LogP contribution in [-0.2, 0) is 0 Å². The number of carbonyl (C=O) groups is 1. The van der Waals surface area contributed by atoms with Crippen LogP contribution in [0.5, 0.6) is 0 Å². The predicted molar refractivity (Wildman–Crippen MR) is 61.4 cm³/mol. The molecule has 1 aliphatic rings. The molecule has 1 fully saturated rings. The molecule has 3 heteroatoms. The van der Waals surface area contributed by atoms with Crippen molar-refractivity contribution in [2.24, 2.45) is 5.41 Å². The van der Waals surface area contributed by atoms with Gasteiger partial charge in [-0.15, -0.1) is 0 Å². The van der Waals surface area contributed by atoms with Crippen LogP contribution in [0.15, 0.2) is 24.3 Å². The van der Waals surface area contributed by atoms with Crippen LogP contribution >= 0.6 is 11.6 Å². The molecule has 15 heavy (non-hydrogen) atoms. The SMILES string of the molecule is CC1(C(=O)c2cccc(Cl)c2)CCNC1. The van der Waals surface area contributed by atoms with Crippen LogP contribution in [0.2, 0.25) is 5.02 Å². The Kier molecular flexibility index (Phi) is 2.81. The van der Waals surface area contributed by atoms with E-state index in [1.54, 1.807) is 12.1 Å². The molecule has 0 spiro atoms. The molecule has 1 aliphatic heterocycles. The minimum atomic E-state index is -0.259. The van der Waals surface area contributed by atoms with E-state index in [9.17, 15) is 4.79 Å². The number of ketones is 1. The second-order valence-electron chi connectivity index (χ2n) is 4.33. The van der Waals surface area contributed by atoms with E-state index in [1.807, 2.05) is 19.1 Å². The van der Waals surface area contributed by atoms with E-state index in [1.165, 1.54) is 0 Å². The Morgan fingerprint density at radius 1 is 1.53 bits per heavy atom. The van der Waals surface area contributed by atoms with Crippen LogP contribution in [-0.4, -0.2) is 18.9 Å². The highest BCUT2D eigenvalue weighted by atomic mass is 35.5. The summed E-state index contributed by atoms with van der Waals surface area (Å²) >= 11 is 5.87. The van der Waals surface area contributed by atoms with Gasteiger partial charge in [-0.2, -0.15) is 0 Å². The van der Waals surface area contributed by atoms with Gasteiger partial charge in [0.1, 0.15) is 0 Å². The zero-order valence-electron chi connectivity index (χ0n) is 8.72. The molecule has 1 heterocycles. The first kappa shape index (κ1) is 10.7. The first-order chi connectivity index (χ1) is 7.12. The Hall–Kier alpha value is -0.860. The fourth-order valence-corrected chi connectivity index (χ4v) is 2.18. The summed E-state index contributed by atoms with van der Waals surface area (Å²) in [6.45, 7) is 3.69. The highest BCUT2D eigenvalue weighted by molar-refractivity contribution is 6.31. The molecule has 0 saturated carbocycles. The molecule has 1 aromatic rings. The molecule has 1 aromatic carbocycles. The van der Waals surface area contributed by atoms with Gasteiger partial charge >= 0.3 is 0 Å². The van der Waals surface area contributed by atoms with Gasteiger partial charge in [0.25, 0.3) is 0 Å². The van der Waals surface area contributed by atoms with Gasteiger partial charge < -0.3 is 5.32 Å². The average Bonchev–Trinajstić information content (AvgIpc) is 2.65. The van der Waals surface area contributed by atoms with Gasteiger partial charge in [-0.3, -0.25) is 4.79 Å².